The fraction of sp³-hybridized carbons (Fsp3) is 0.421. The molecule has 0 radical (unpaired) electrons. The zero-order valence-electron chi connectivity index (χ0n) is 14.1. The molecule has 1 N–H and O–H groups in total. The minimum Gasteiger partial charge on any atom is -0.492 e. The first kappa shape index (κ1) is 15.9. The molecule has 0 spiro atoms. The summed E-state index contributed by atoms with van der Waals surface area (Å²) in [5.41, 5.74) is 1.13. The molecular formula is C19H22N4O2. The van der Waals surface area contributed by atoms with E-state index in [4.69, 9.17) is 4.74 Å². The van der Waals surface area contributed by atoms with Crippen molar-refractivity contribution in [3.05, 3.63) is 48.4 Å². The van der Waals surface area contributed by atoms with E-state index in [9.17, 15) is 4.79 Å². The molecule has 0 saturated carbocycles. The van der Waals surface area contributed by atoms with Crippen LogP contribution in [0.15, 0.2) is 42.9 Å². The van der Waals surface area contributed by atoms with Gasteiger partial charge in [-0.05, 0) is 37.0 Å². The SMILES string of the molecule is O=C(C1COc2ccccc2C1)N1CCC(Nc2ccncn2)CC1. The van der Waals surface area contributed by atoms with Gasteiger partial charge in [0, 0.05) is 25.3 Å². The molecule has 0 bridgehead atoms. The van der Waals surface area contributed by atoms with Gasteiger partial charge in [0.15, 0.2) is 0 Å². The summed E-state index contributed by atoms with van der Waals surface area (Å²) in [7, 11) is 0. The summed E-state index contributed by atoms with van der Waals surface area (Å²) in [5.74, 6) is 1.91. The van der Waals surface area contributed by atoms with Crippen molar-refractivity contribution in [1.29, 1.82) is 0 Å². The highest BCUT2D eigenvalue weighted by Gasteiger charge is 2.31. The second kappa shape index (κ2) is 7.09. The summed E-state index contributed by atoms with van der Waals surface area (Å²) in [5, 5.41) is 3.42. The summed E-state index contributed by atoms with van der Waals surface area (Å²) < 4.78 is 5.77. The number of anilines is 1. The van der Waals surface area contributed by atoms with Gasteiger partial charge in [-0.15, -0.1) is 0 Å². The first-order valence-electron chi connectivity index (χ1n) is 8.81. The van der Waals surface area contributed by atoms with Crippen LogP contribution in [0.25, 0.3) is 0 Å². The topological polar surface area (TPSA) is 67.3 Å². The second-order valence-corrected chi connectivity index (χ2v) is 6.66. The number of nitrogens with one attached hydrogen (secondary N) is 1. The normalized spacial score (nSPS) is 20.5. The molecule has 1 atom stereocenters. The molecular weight excluding hydrogens is 316 g/mol. The van der Waals surface area contributed by atoms with Gasteiger partial charge in [-0.3, -0.25) is 4.79 Å². The first-order chi connectivity index (χ1) is 12.3. The Bertz CT molecular complexity index is 729. The van der Waals surface area contributed by atoms with Gasteiger partial charge >= 0.3 is 0 Å². The Labute approximate surface area is 147 Å². The molecule has 25 heavy (non-hydrogen) atoms. The molecule has 1 unspecified atom stereocenters. The third kappa shape index (κ3) is 3.57. The van der Waals surface area contributed by atoms with Crippen LogP contribution >= 0.6 is 0 Å². The fourth-order valence-electron chi connectivity index (χ4n) is 3.57. The van der Waals surface area contributed by atoms with Crippen LogP contribution in [0.2, 0.25) is 0 Å². The quantitative estimate of drug-likeness (QED) is 0.929. The molecule has 1 saturated heterocycles. The van der Waals surface area contributed by atoms with Crippen molar-refractivity contribution < 1.29 is 9.53 Å². The number of carbonyl (C=O) groups is 1. The van der Waals surface area contributed by atoms with Crippen molar-refractivity contribution in [3.63, 3.8) is 0 Å². The Kier molecular flexibility index (Phi) is 4.50. The highest BCUT2D eigenvalue weighted by atomic mass is 16.5. The zero-order valence-corrected chi connectivity index (χ0v) is 14.1. The lowest BCUT2D eigenvalue weighted by Crippen LogP contribution is -2.47. The van der Waals surface area contributed by atoms with Crippen LogP contribution in [0.1, 0.15) is 18.4 Å². The summed E-state index contributed by atoms with van der Waals surface area (Å²) in [6, 6.07) is 10.2. The third-order valence-electron chi connectivity index (χ3n) is 4.97. The van der Waals surface area contributed by atoms with E-state index in [0.29, 0.717) is 12.6 Å². The fourth-order valence-corrected chi connectivity index (χ4v) is 3.57. The van der Waals surface area contributed by atoms with Crippen LogP contribution in [0.3, 0.4) is 0 Å². The predicted octanol–water partition coefficient (Wildman–Crippen LogP) is 2.13. The number of nitrogens with zero attached hydrogens (tertiary/aromatic N) is 3. The molecule has 2 aromatic rings. The smallest absolute Gasteiger partial charge is 0.229 e. The number of ether oxygens (including phenoxy) is 1. The van der Waals surface area contributed by atoms with E-state index in [2.05, 4.69) is 15.3 Å². The molecule has 0 aliphatic carbocycles. The largest absolute Gasteiger partial charge is 0.492 e. The van der Waals surface area contributed by atoms with Crippen molar-refractivity contribution in [2.75, 3.05) is 25.0 Å². The van der Waals surface area contributed by atoms with Crippen molar-refractivity contribution >= 4 is 11.7 Å². The number of carbonyl (C=O) groups excluding carboxylic acids is 1. The molecule has 1 aromatic heterocycles. The van der Waals surface area contributed by atoms with Gasteiger partial charge in [-0.25, -0.2) is 9.97 Å². The Hall–Kier alpha value is -2.63. The lowest BCUT2D eigenvalue weighted by molar-refractivity contribution is -0.137. The number of likely N-dealkylation sites (tertiary alicyclic amines) is 1. The zero-order chi connectivity index (χ0) is 17.1. The van der Waals surface area contributed by atoms with Crippen molar-refractivity contribution in [1.82, 2.24) is 14.9 Å². The number of rotatable bonds is 3. The Morgan fingerprint density at radius 3 is 2.84 bits per heavy atom. The molecule has 3 heterocycles. The van der Waals surface area contributed by atoms with Gasteiger partial charge in [-0.2, -0.15) is 0 Å². The van der Waals surface area contributed by atoms with E-state index in [-0.39, 0.29) is 11.8 Å². The number of hydrogen-bond acceptors (Lipinski definition) is 5. The molecule has 2 aliphatic rings. The third-order valence-corrected chi connectivity index (χ3v) is 4.97. The molecule has 4 rings (SSSR count). The monoisotopic (exact) mass is 338 g/mol. The van der Waals surface area contributed by atoms with Crippen LogP contribution in [0, 0.1) is 5.92 Å². The molecule has 1 fully saturated rings. The number of piperidine rings is 1. The average Bonchev–Trinajstić information content (AvgIpc) is 2.68. The van der Waals surface area contributed by atoms with E-state index in [1.165, 1.54) is 0 Å². The van der Waals surface area contributed by atoms with Gasteiger partial charge in [0.2, 0.25) is 5.91 Å². The molecule has 130 valence electrons. The van der Waals surface area contributed by atoms with Crippen molar-refractivity contribution in [3.8, 4) is 5.75 Å². The number of amides is 1. The summed E-state index contributed by atoms with van der Waals surface area (Å²) >= 11 is 0. The molecule has 6 nitrogen and oxygen atoms in total. The Morgan fingerprint density at radius 2 is 2.04 bits per heavy atom. The maximum absolute atomic E-state index is 12.8. The van der Waals surface area contributed by atoms with Gasteiger partial charge in [0.25, 0.3) is 0 Å². The van der Waals surface area contributed by atoms with Gasteiger partial charge in [0.05, 0.1) is 5.92 Å². The highest BCUT2D eigenvalue weighted by molar-refractivity contribution is 5.80. The Balaban J connectivity index is 1.31. The molecule has 6 heteroatoms. The van der Waals surface area contributed by atoms with Crippen LogP contribution < -0.4 is 10.1 Å². The highest BCUT2D eigenvalue weighted by Crippen LogP contribution is 2.28. The van der Waals surface area contributed by atoms with Crippen LogP contribution in [0.5, 0.6) is 5.75 Å². The number of fused-ring (bicyclic) bond motifs is 1. The van der Waals surface area contributed by atoms with E-state index in [0.717, 1.165) is 49.5 Å². The van der Waals surface area contributed by atoms with Crippen molar-refractivity contribution in [2.45, 2.75) is 25.3 Å². The minimum atomic E-state index is -0.0683. The summed E-state index contributed by atoms with van der Waals surface area (Å²) in [6.07, 6.45) is 5.91. The lowest BCUT2D eigenvalue weighted by atomic mass is 9.94. The van der Waals surface area contributed by atoms with Gasteiger partial charge < -0.3 is 15.0 Å². The average molecular weight is 338 g/mol. The molecule has 1 aromatic carbocycles. The predicted molar refractivity (Wildman–Crippen MR) is 94.4 cm³/mol. The van der Waals surface area contributed by atoms with E-state index >= 15 is 0 Å². The van der Waals surface area contributed by atoms with Crippen LogP contribution in [-0.2, 0) is 11.2 Å². The summed E-state index contributed by atoms with van der Waals surface area (Å²) in [4.78, 5) is 22.9. The van der Waals surface area contributed by atoms with E-state index in [1.807, 2.05) is 35.2 Å². The number of aromatic nitrogens is 2. The maximum Gasteiger partial charge on any atom is 0.229 e. The molecule has 2 aliphatic heterocycles. The molecule has 1 amide bonds. The van der Waals surface area contributed by atoms with E-state index in [1.54, 1.807) is 12.5 Å². The number of hydrogen-bond donors (Lipinski definition) is 1. The lowest BCUT2D eigenvalue weighted by Gasteiger charge is -2.35. The number of benzene rings is 1. The second-order valence-electron chi connectivity index (χ2n) is 6.66. The maximum atomic E-state index is 12.8. The van der Waals surface area contributed by atoms with Crippen LogP contribution in [-0.4, -0.2) is 46.5 Å². The van der Waals surface area contributed by atoms with Crippen LogP contribution in [0.4, 0.5) is 5.82 Å². The number of para-hydroxylation sites is 1. The van der Waals surface area contributed by atoms with Crippen molar-refractivity contribution in [2.24, 2.45) is 5.92 Å². The van der Waals surface area contributed by atoms with Gasteiger partial charge in [-0.1, -0.05) is 18.2 Å². The summed E-state index contributed by atoms with van der Waals surface area (Å²) in [6.45, 7) is 2.04. The van der Waals surface area contributed by atoms with E-state index < -0.39 is 0 Å². The minimum absolute atomic E-state index is 0.0683. The standard InChI is InChI=1S/C19H22N4O2/c24-19(15-11-14-3-1-2-4-17(14)25-12-15)23-9-6-16(7-10-23)22-18-5-8-20-13-21-18/h1-5,8,13,15-16H,6-7,9-12H2,(H,20,21,22). The van der Waals surface area contributed by atoms with Gasteiger partial charge in [0.1, 0.15) is 24.5 Å². The Morgan fingerprint density at radius 1 is 1.20 bits per heavy atom. The first-order valence-corrected chi connectivity index (χ1v) is 8.81.